The van der Waals surface area contributed by atoms with Gasteiger partial charge < -0.3 is 9.64 Å². The molecule has 1 aromatic carbocycles. The van der Waals surface area contributed by atoms with Crippen molar-refractivity contribution in [2.75, 3.05) is 18.0 Å². The van der Waals surface area contributed by atoms with Crippen LogP contribution in [-0.2, 0) is 10.6 Å². The topological polar surface area (TPSA) is 25.4 Å². The lowest BCUT2D eigenvalue weighted by molar-refractivity contribution is -0.00544. The minimum atomic E-state index is 0.228. The minimum absolute atomic E-state index is 0.228. The molecule has 1 aliphatic rings. The zero-order valence-electron chi connectivity index (χ0n) is 11.8. The fourth-order valence-electron chi connectivity index (χ4n) is 2.87. The number of halogens is 1. The molecular weight excluding hydrogens is 272 g/mol. The van der Waals surface area contributed by atoms with Crippen molar-refractivity contribution >= 4 is 28.3 Å². The summed E-state index contributed by atoms with van der Waals surface area (Å²) in [5.41, 5.74) is 2.14. The predicted octanol–water partition coefficient (Wildman–Crippen LogP) is 3.59. The zero-order valence-corrected chi connectivity index (χ0v) is 12.6. The van der Waals surface area contributed by atoms with Crippen molar-refractivity contribution in [3.63, 3.8) is 0 Å². The van der Waals surface area contributed by atoms with Gasteiger partial charge in [-0.2, -0.15) is 0 Å². The molecule has 0 aliphatic carbocycles. The number of alkyl halides is 1. The number of para-hydroxylation sites is 1. The van der Waals surface area contributed by atoms with Crippen molar-refractivity contribution < 1.29 is 4.74 Å². The Bertz CT molecular complexity index is 606. The summed E-state index contributed by atoms with van der Waals surface area (Å²) in [6.07, 6.45) is 0.456. The van der Waals surface area contributed by atoms with Gasteiger partial charge in [0.05, 0.1) is 17.7 Å². The standard InChI is InChI=1S/C16H19ClN2O/c1-11-9-19(10-12(2)20-11)16-7-13(8-17)14-5-3-4-6-15(14)18-16/h3-7,11-12H,8-10H2,1-2H3. The van der Waals surface area contributed by atoms with Gasteiger partial charge in [0.2, 0.25) is 0 Å². The second kappa shape index (κ2) is 5.58. The maximum absolute atomic E-state index is 6.10. The number of ether oxygens (including phenoxy) is 1. The molecule has 4 heteroatoms. The van der Waals surface area contributed by atoms with Crippen molar-refractivity contribution in [2.24, 2.45) is 0 Å². The van der Waals surface area contributed by atoms with Crippen LogP contribution < -0.4 is 4.90 Å². The number of aromatic nitrogens is 1. The van der Waals surface area contributed by atoms with Crippen LogP contribution in [0.15, 0.2) is 30.3 Å². The lowest BCUT2D eigenvalue weighted by Crippen LogP contribution is -2.45. The maximum atomic E-state index is 6.10. The summed E-state index contributed by atoms with van der Waals surface area (Å²) in [5.74, 6) is 1.51. The number of morpholine rings is 1. The first-order chi connectivity index (χ1) is 9.67. The fourth-order valence-corrected chi connectivity index (χ4v) is 3.09. The maximum Gasteiger partial charge on any atom is 0.129 e. The van der Waals surface area contributed by atoms with Gasteiger partial charge in [0.25, 0.3) is 0 Å². The highest BCUT2D eigenvalue weighted by molar-refractivity contribution is 6.18. The van der Waals surface area contributed by atoms with Crippen LogP contribution in [0.3, 0.4) is 0 Å². The predicted molar refractivity (Wildman–Crippen MR) is 83.5 cm³/mol. The van der Waals surface area contributed by atoms with Crippen molar-refractivity contribution in [1.82, 2.24) is 4.98 Å². The van der Waals surface area contributed by atoms with Crippen molar-refractivity contribution in [2.45, 2.75) is 31.9 Å². The highest BCUT2D eigenvalue weighted by Crippen LogP contribution is 2.26. The highest BCUT2D eigenvalue weighted by atomic mass is 35.5. The van der Waals surface area contributed by atoms with E-state index in [1.807, 2.05) is 18.2 Å². The summed E-state index contributed by atoms with van der Waals surface area (Å²) in [4.78, 5) is 7.08. The molecule has 20 heavy (non-hydrogen) atoms. The summed E-state index contributed by atoms with van der Waals surface area (Å²) in [6.45, 7) is 5.95. The van der Waals surface area contributed by atoms with E-state index < -0.39 is 0 Å². The van der Waals surface area contributed by atoms with Crippen LogP contribution in [0.1, 0.15) is 19.4 Å². The van der Waals surface area contributed by atoms with E-state index in [1.165, 1.54) is 0 Å². The number of rotatable bonds is 2. The van der Waals surface area contributed by atoms with Crippen LogP contribution in [0.2, 0.25) is 0 Å². The molecule has 1 fully saturated rings. The molecule has 1 saturated heterocycles. The van der Waals surface area contributed by atoms with Gasteiger partial charge in [-0.05, 0) is 31.5 Å². The van der Waals surface area contributed by atoms with Crippen molar-refractivity contribution in [3.05, 3.63) is 35.9 Å². The fraction of sp³-hybridized carbons (Fsp3) is 0.438. The number of hydrogen-bond donors (Lipinski definition) is 0. The average molecular weight is 291 g/mol. The Morgan fingerprint density at radius 2 is 1.95 bits per heavy atom. The quantitative estimate of drug-likeness (QED) is 0.791. The first kappa shape index (κ1) is 13.7. The lowest BCUT2D eigenvalue weighted by atomic mass is 10.1. The smallest absolute Gasteiger partial charge is 0.129 e. The van der Waals surface area contributed by atoms with Crippen LogP contribution in [0.25, 0.3) is 10.9 Å². The number of hydrogen-bond acceptors (Lipinski definition) is 3. The van der Waals surface area contributed by atoms with Gasteiger partial charge >= 0.3 is 0 Å². The molecule has 1 aliphatic heterocycles. The minimum Gasteiger partial charge on any atom is -0.372 e. The van der Waals surface area contributed by atoms with E-state index in [0.29, 0.717) is 5.88 Å². The van der Waals surface area contributed by atoms with Crippen molar-refractivity contribution in [1.29, 1.82) is 0 Å². The van der Waals surface area contributed by atoms with Gasteiger partial charge in [0.1, 0.15) is 5.82 Å². The molecule has 0 bridgehead atoms. The third kappa shape index (κ3) is 2.60. The number of anilines is 1. The monoisotopic (exact) mass is 290 g/mol. The third-order valence-corrected chi connectivity index (χ3v) is 3.96. The van der Waals surface area contributed by atoms with Crippen molar-refractivity contribution in [3.8, 4) is 0 Å². The summed E-state index contributed by atoms with van der Waals surface area (Å²) in [6, 6.07) is 10.3. The molecule has 3 rings (SSSR count). The van der Waals surface area contributed by atoms with Gasteiger partial charge in [-0.15, -0.1) is 11.6 Å². The van der Waals surface area contributed by atoms with Crippen LogP contribution in [-0.4, -0.2) is 30.3 Å². The Morgan fingerprint density at radius 3 is 2.65 bits per heavy atom. The van der Waals surface area contributed by atoms with Gasteiger partial charge in [0.15, 0.2) is 0 Å². The lowest BCUT2D eigenvalue weighted by Gasteiger charge is -2.36. The Labute approximate surface area is 124 Å². The van der Waals surface area contributed by atoms with E-state index in [-0.39, 0.29) is 12.2 Å². The Kier molecular flexibility index (Phi) is 3.81. The highest BCUT2D eigenvalue weighted by Gasteiger charge is 2.23. The van der Waals surface area contributed by atoms with Crippen LogP contribution >= 0.6 is 11.6 Å². The molecule has 106 valence electrons. The van der Waals surface area contributed by atoms with Crippen LogP contribution in [0, 0.1) is 0 Å². The largest absolute Gasteiger partial charge is 0.372 e. The summed E-state index contributed by atoms with van der Waals surface area (Å²) in [5, 5.41) is 1.14. The summed E-state index contributed by atoms with van der Waals surface area (Å²) in [7, 11) is 0. The number of fused-ring (bicyclic) bond motifs is 1. The molecule has 0 saturated carbocycles. The van der Waals surface area contributed by atoms with Gasteiger partial charge in [-0.3, -0.25) is 0 Å². The third-order valence-electron chi connectivity index (χ3n) is 3.68. The van der Waals surface area contributed by atoms with E-state index in [9.17, 15) is 0 Å². The van der Waals surface area contributed by atoms with Gasteiger partial charge in [-0.25, -0.2) is 4.98 Å². The Balaban J connectivity index is 2.03. The normalized spacial score (nSPS) is 23.2. The van der Waals surface area contributed by atoms with Crippen LogP contribution in [0.5, 0.6) is 0 Å². The first-order valence-corrected chi connectivity index (χ1v) is 7.56. The zero-order chi connectivity index (χ0) is 14.1. The molecule has 2 heterocycles. The second-order valence-electron chi connectivity index (χ2n) is 5.45. The molecule has 2 aromatic rings. The Hall–Kier alpha value is -1.32. The van der Waals surface area contributed by atoms with Crippen LogP contribution in [0.4, 0.5) is 5.82 Å². The molecular formula is C16H19ClN2O. The number of pyridine rings is 1. The molecule has 2 atom stereocenters. The SMILES string of the molecule is CC1CN(c2cc(CCl)c3ccccc3n2)CC(C)O1. The van der Waals surface area contributed by atoms with E-state index >= 15 is 0 Å². The first-order valence-electron chi connectivity index (χ1n) is 7.02. The molecule has 0 radical (unpaired) electrons. The summed E-state index contributed by atoms with van der Waals surface area (Å²) < 4.78 is 5.79. The van der Waals surface area contributed by atoms with E-state index in [1.54, 1.807) is 0 Å². The molecule has 2 unspecified atom stereocenters. The molecule has 0 N–H and O–H groups in total. The van der Waals surface area contributed by atoms with Gasteiger partial charge in [-0.1, -0.05) is 18.2 Å². The number of nitrogens with zero attached hydrogens (tertiary/aromatic N) is 2. The van der Waals surface area contributed by atoms with E-state index in [0.717, 1.165) is 35.4 Å². The second-order valence-corrected chi connectivity index (χ2v) is 5.72. The van der Waals surface area contributed by atoms with E-state index in [4.69, 9.17) is 21.3 Å². The summed E-state index contributed by atoms with van der Waals surface area (Å²) >= 11 is 6.10. The molecule has 1 aromatic heterocycles. The molecule has 0 spiro atoms. The molecule has 3 nitrogen and oxygen atoms in total. The average Bonchev–Trinajstić information content (AvgIpc) is 2.45. The number of benzene rings is 1. The Morgan fingerprint density at radius 1 is 1.25 bits per heavy atom. The van der Waals surface area contributed by atoms with E-state index in [2.05, 4.69) is 30.9 Å². The van der Waals surface area contributed by atoms with Gasteiger partial charge in [0, 0.05) is 24.4 Å². The molecule has 0 amide bonds.